The Morgan fingerprint density at radius 1 is 1.06 bits per heavy atom. The van der Waals surface area contributed by atoms with E-state index in [0.717, 1.165) is 35.1 Å². The van der Waals surface area contributed by atoms with Crippen LogP contribution in [0.2, 0.25) is 10.0 Å². The highest BCUT2D eigenvalue weighted by molar-refractivity contribution is 8.18. The number of benzene rings is 2. The molecule has 166 valence electrons. The smallest absolute Gasteiger partial charge is 0.294 e. The summed E-state index contributed by atoms with van der Waals surface area (Å²) in [6, 6.07) is 12.5. The average Bonchev–Trinajstić information content (AvgIpc) is 3.39. The molecule has 2 fully saturated rings. The zero-order valence-electron chi connectivity index (χ0n) is 17.1. The van der Waals surface area contributed by atoms with Crippen molar-refractivity contribution < 1.29 is 19.1 Å². The summed E-state index contributed by atoms with van der Waals surface area (Å²) in [5.74, 6) is -0.161. The van der Waals surface area contributed by atoms with Crippen LogP contribution in [0.15, 0.2) is 47.4 Å². The van der Waals surface area contributed by atoms with Crippen molar-refractivity contribution in [2.75, 3.05) is 19.6 Å². The zero-order chi connectivity index (χ0) is 22.7. The molecule has 0 spiro atoms. The van der Waals surface area contributed by atoms with E-state index in [-0.39, 0.29) is 17.4 Å². The van der Waals surface area contributed by atoms with Crippen molar-refractivity contribution in [2.24, 2.45) is 0 Å². The zero-order valence-corrected chi connectivity index (χ0v) is 19.4. The van der Waals surface area contributed by atoms with E-state index >= 15 is 0 Å². The van der Waals surface area contributed by atoms with Gasteiger partial charge in [-0.1, -0.05) is 41.4 Å². The number of thioether (sulfide) groups is 1. The number of hydrogen-bond donors (Lipinski definition) is 0. The van der Waals surface area contributed by atoms with Crippen LogP contribution in [0.25, 0.3) is 6.08 Å². The summed E-state index contributed by atoms with van der Waals surface area (Å²) in [4.78, 5) is 40.3. The minimum absolute atomic E-state index is 0.198. The first-order valence-corrected chi connectivity index (χ1v) is 11.7. The molecule has 2 aromatic rings. The van der Waals surface area contributed by atoms with Gasteiger partial charge in [0.05, 0.1) is 9.93 Å². The van der Waals surface area contributed by atoms with E-state index in [1.807, 2.05) is 12.1 Å². The summed E-state index contributed by atoms with van der Waals surface area (Å²) in [6.45, 7) is 1.46. The lowest BCUT2D eigenvalue weighted by atomic mass is 10.2. The topological polar surface area (TPSA) is 66.9 Å². The van der Waals surface area contributed by atoms with Gasteiger partial charge in [0.15, 0.2) is 0 Å². The fourth-order valence-electron chi connectivity index (χ4n) is 3.46. The summed E-state index contributed by atoms with van der Waals surface area (Å²) in [5.41, 5.74) is 1.61. The molecular formula is C23H20Cl2N2O4S. The molecule has 0 saturated carbocycles. The number of carbonyl (C=O) groups is 3. The fourth-order valence-corrected chi connectivity index (χ4v) is 4.66. The van der Waals surface area contributed by atoms with E-state index < -0.39 is 11.1 Å². The van der Waals surface area contributed by atoms with Gasteiger partial charge in [0, 0.05) is 18.1 Å². The first-order chi connectivity index (χ1) is 15.4. The maximum Gasteiger partial charge on any atom is 0.294 e. The number of ether oxygens (including phenoxy) is 1. The Morgan fingerprint density at radius 3 is 2.47 bits per heavy atom. The molecule has 0 unspecified atom stereocenters. The van der Waals surface area contributed by atoms with Crippen LogP contribution in [0, 0.1) is 0 Å². The molecule has 2 aliphatic heterocycles. The van der Waals surface area contributed by atoms with Crippen LogP contribution in [0.4, 0.5) is 4.79 Å². The van der Waals surface area contributed by atoms with Gasteiger partial charge in [0.1, 0.15) is 18.9 Å². The van der Waals surface area contributed by atoms with Crippen LogP contribution in [0.3, 0.4) is 0 Å². The molecule has 9 heteroatoms. The van der Waals surface area contributed by atoms with E-state index in [0.29, 0.717) is 41.1 Å². The van der Waals surface area contributed by atoms with Gasteiger partial charge >= 0.3 is 0 Å². The van der Waals surface area contributed by atoms with E-state index in [1.165, 1.54) is 0 Å². The first-order valence-electron chi connectivity index (χ1n) is 10.1. The lowest BCUT2D eigenvalue weighted by molar-refractivity contribution is -0.135. The second-order valence-electron chi connectivity index (χ2n) is 7.46. The predicted molar refractivity (Wildman–Crippen MR) is 126 cm³/mol. The van der Waals surface area contributed by atoms with Crippen LogP contribution in [0.5, 0.6) is 5.75 Å². The first kappa shape index (κ1) is 22.7. The molecule has 0 N–H and O–H groups in total. The third kappa shape index (κ3) is 5.28. The van der Waals surface area contributed by atoms with Gasteiger partial charge in [0.2, 0.25) is 5.91 Å². The molecule has 0 aliphatic carbocycles. The maximum absolute atomic E-state index is 12.7. The molecule has 2 aromatic carbocycles. The molecule has 3 amide bonds. The van der Waals surface area contributed by atoms with Gasteiger partial charge in [-0.2, -0.15) is 0 Å². The Labute approximate surface area is 200 Å². The molecular weight excluding hydrogens is 471 g/mol. The van der Waals surface area contributed by atoms with Crippen LogP contribution < -0.4 is 4.74 Å². The summed E-state index contributed by atoms with van der Waals surface area (Å²) in [5, 5.41) is 0.597. The highest BCUT2D eigenvalue weighted by atomic mass is 35.5. The van der Waals surface area contributed by atoms with Crippen molar-refractivity contribution in [3.05, 3.63) is 68.5 Å². The summed E-state index contributed by atoms with van der Waals surface area (Å²) in [7, 11) is 0. The van der Waals surface area contributed by atoms with Gasteiger partial charge in [-0.3, -0.25) is 19.3 Å². The number of carbonyl (C=O) groups excluding carboxylic acids is 3. The highest BCUT2D eigenvalue weighted by Gasteiger charge is 2.37. The lowest BCUT2D eigenvalue weighted by Gasteiger charge is -2.18. The number of nitrogens with zero attached hydrogens (tertiary/aromatic N) is 2. The molecule has 0 atom stereocenters. The molecule has 32 heavy (non-hydrogen) atoms. The van der Waals surface area contributed by atoms with Crippen LogP contribution in [0.1, 0.15) is 24.0 Å². The van der Waals surface area contributed by atoms with E-state index in [4.69, 9.17) is 27.9 Å². The normalized spacial score (nSPS) is 17.5. The SMILES string of the molecule is O=C(CN1C(=O)S/C(=C\c2ccc(OCc3ccc(Cl)cc3)c(Cl)c2)C1=O)N1CCCC1. The minimum atomic E-state index is -0.466. The van der Waals surface area contributed by atoms with Crippen LogP contribution >= 0.6 is 35.0 Å². The second kappa shape index (κ2) is 9.98. The molecule has 0 radical (unpaired) electrons. The van der Waals surface area contributed by atoms with E-state index in [1.54, 1.807) is 41.3 Å². The number of amides is 3. The molecule has 0 aromatic heterocycles. The van der Waals surface area contributed by atoms with Gasteiger partial charge in [-0.15, -0.1) is 0 Å². The predicted octanol–water partition coefficient (Wildman–Crippen LogP) is 5.23. The van der Waals surface area contributed by atoms with Crippen molar-refractivity contribution in [1.29, 1.82) is 0 Å². The summed E-state index contributed by atoms with van der Waals surface area (Å²) >= 11 is 13.1. The van der Waals surface area contributed by atoms with Gasteiger partial charge in [-0.05, 0) is 66.1 Å². The molecule has 2 heterocycles. The Kier molecular flexibility index (Phi) is 7.08. The van der Waals surface area contributed by atoms with Crippen molar-refractivity contribution in [3.63, 3.8) is 0 Å². The van der Waals surface area contributed by atoms with Crippen molar-refractivity contribution in [2.45, 2.75) is 19.4 Å². The Hall–Kier alpha value is -2.48. The van der Waals surface area contributed by atoms with Crippen molar-refractivity contribution in [3.8, 4) is 5.75 Å². The summed E-state index contributed by atoms with van der Waals surface area (Å²) in [6.07, 6.45) is 3.50. The molecule has 2 aliphatic rings. The Balaban J connectivity index is 1.41. The number of halogens is 2. The number of hydrogen-bond acceptors (Lipinski definition) is 5. The van der Waals surface area contributed by atoms with Gasteiger partial charge < -0.3 is 9.64 Å². The number of imide groups is 1. The third-order valence-corrected chi connectivity index (χ3v) is 6.64. The van der Waals surface area contributed by atoms with Gasteiger partial charge in [-0.25, -0.2) is 0 Å². The minimum Gasteiger partial charge on any atom is -0.487 e. The third-order valence-electron chi connectivity index (χ3n) is 5.19. The monoisotopic (exact) mass is 490 g/mol. The van der Waals surface area contributed by atoms with E-state index in [2.05, 4.69) is 0 Å². The van der Waals surface area contributed by atoms with Crippen LogP contribution in [-0.4, -0.2) is 46.5 Å². The molecule has 0 bridgehead atoms. The average molecular weight is 491 g/mol. The van der Waals surface area contributed by atoms with Crippen LogP contribution in [-0.2, 0) is 16.2 Å². The fraction of sp³-hybridized carbons (Fsp3) is 0.261. The quantitative estimate of drug-likeness (QED) is 0.518. The largest absolute Gasteiger partial charge is 0.487 e. The molecule has 4 rings (SSSR count). The highest BCUT2D eigenvalue weighted by Crippen LogP contribution is 2.34. The number of rotatable bonds is 6. The lowest BCUT2D eigenvalue weighted by Crippen LogP contribution is -2.40. The second-order valence-corrected chi connectivity index (χ2v) is 9.30. The molecule has 2 saturated heterocycles. The standard InChI is InChI=1S/C23H20Cl2N2O4S/c24-17-6-3-15(4-7-17)14-31-19-8-5-16(11-18(19)25)12-20-22(29)27(23(30)32-20)13-21(28)26-9-1-2-10-26/h3-8,11-12H,1-2,9-10,13-14H2/b20-12-. The Bertz CT molecular complexity index is 1080. The van der Waals surface area contributed by atoms with Crippen molar-refractivity contribution in [1.82, 2.24) is 9.80 Å². The molecule has 6 nitrogen and oxygen atoms in total. The van der Waals surface area contributed by atoms with Crippen molar-refractivity contribution >= 4 is 58.1 Å². The number of likely N-dealkylation sites (tertiary alicyclic amines) is 1. The maximum atomic E-state index is 12.7. The van der Waals surface area contributed by atoms with Gasteiger partial charge in [0.25, 0.3) is 11.1 Å². The van der Waals surface area contributed by atoms with E-state index in [9.17, 15) is 14.4 Å². The summed E-state index contributed by atoms with van der Waals surface area (Å²) < 4.78 is 5.76. The Morgan fingerprint density at radius 2 is 1.78 bits per heavy atom.